The molecule has 0 amide bonds. The number of nitrogens with zero attached hydrogens (tertiary/aromatic N) is 2. The van der Waals surface area contributed by atoms with Crippen molar-refractivity contribution in [3.63, 3.8) is 0 Å². The second-order valence-electron chi connectivity index (χ2n) is 6.97. The quantitative estimate of drug-likeness (QED) is 0.885. The molecule has 25 heavy (non-hydrogen) atoms. The van der Waals surface area contributed by atoms with E-state index in [0.29, 0.717) is 12.1 Å². The van der Waals surface area contributed by atoms with Gasteiger partial charge in [0.25, 0.3) is 5.56 Å². The van der Waals surface area contributed by atoms with E-state index < -0.39 is 0 Å². The fraction of sp³-hybridized carbons (Fsp3) is 0.474. The Balaban J connectivity index is 1.40. The van der Waals surface area contributed by atoms with Crippen LogP contribution in [0.15, 0.2) is 35.3 Å². The molecule has 0 bridgehead atoms. The van der Waals surface area contributed by atoms with Crippen molar-refractivity contribution in [1.29, 1.82) is 0 Å². The zero-order chi connectivity index (χ0) is 17.2. The number of halogens is 1. The van der Waals surface area contributed by atoms with Gasteiger partial charge in [0.05, 0.1) is 11.9 Å². The third kappa shape index (κ3) is 3.44. The lowest BCUT2D eigenvalue weighted by molar-refractivity contribution is 0.346. The van der Waals surface area contributed by atoms with Gasteiger partial charge in [0.1, 0.15) is 5.02 Å². The van der Waals surface area contributed by atoms with E-state index in [0.717, 1.165) is 31.6 Å². The first kappa shape index (κ1) is 16.6. The topological polar surface area (TPSA) is 61.0 Å². The molecule has 1 fully saturated rings. The first-order chi connectivity index (χ1) is 12.2. The van der Waals surface area contributed by atoms with Gasteiger partial charge < -0.3 is 10.2 Å². The van der Waals surface area contributed by atoms with Crippen LogP contribution in [0.2, 0.25) is 5.02 Å². The zero-order valence-corrected chi connectivity index (χ0v) is 14.9. The average Bonchev–Trinajstić information content (AvgIpc) is 2.65. The number of rotatable bonds is 3. The van der Waals surface area contributed by atoms with Crippen LogP contribution in [0.4, 0.5) is 5.69 Å². The van der Waals surface area contributed by atoms with Crippen LogP contribution in [0.3, 0.4) is 0 Å². The minimum Gasteiger partial charge on any atom is -0.369 e. The molecule has 5 nitrogen and oxygen atoms in total. The van der Waals surface area contributed by atoms with Crippen molar-refractivity contribution in [2.75, 3.05) is 18.0 Å². The highest BCUT2D eigenvalue weighted by Crippen LogP contribution is 2.31. The molecule has 1 aromatic carbocycles. The Morgan fingerprint density at radius 1 is 1.20 bits per heavy atom. The normalized spacial score (nSPS) is 21.2. The van der Waals surface area contributed by atoms with Gasteiger partial charge in [-0.15, -0.1) is 0 Å². The number of anilines is 1. The summed E-state index contributed by atoms with van der Waals surface area (Å²) in [7, 11) is 0. The van der Waals surface area contributed by atoms with Crippen LogP contribution in [0, 0.1) is 0 Å². The smallest absolute Gasteiger partial charge is 0.285 e. The van der Waals surface area contributed by atoms with Crippen molar-refractivity contribution >= 4 is 17.3 Å². The van der Waals surface area contributed by atoms with E-state index in [-0.39, 0.29) is 10.6 Å². The molecule has 6 heteroatoms. The van der Waals surface area contributed by atoms with Gasteiger partial charge in [0.15, 0.2) is 0 Å². The van der Waals surface area contributed by atoms with Crippen LogP contribution in [-0.2, 0) is 6.42 Å². The van der Waals surface area contributed by atoms with Crippen LogP contribution in [-0.4, -0.2) is 29.3 Å². The average molecular weight is 359 g/mol. The molecule has 1 aliphatic carbocycles. The van der Waals surface area contributed by atoms with E-state index in [1.807, 2.05) is 0 Å². The summed E-state index contributed by atoms with van der Waals surface area (Å²) >= 11 is 6.13. The lowest BCUT2D eigenvalue weighted by Crippen LogP contribution is -2.44. The summed E-state index contributed by atoms with van der Waals surface area (Å²) in [6.07, 6.45) is 7.39. The van der Waals surface area contributed by atoms with Gasteiger partial charge in [-0.05, 0) is 43.2 Å². The number of fused-ring (bicyclic) bond motifs is 1. The Hall–Kier alpha value is -1.85. The van der Waals surface area contributed by atoms with Crippen molar-refractivity contribution < 1.29 is 0 Å². The molecule has 2 N–H and O–H groups in total. The van der Waals surface area contributed by atoms with Crippen LogP contribution >= 0.6 is 11.6 Å². The van der Waals surface area contributed by atoms with Gasteiger partial charge in [-0.25, -0.2) is 5.10 Å². The Bertz CT molecular complexity index is 798. The highest BCUT2D eigenvalue weighted by Gasteiger charge is 2.26. The molecule has 1 aromatic heterocycles. The number of benzene rings is 1. The zero-order valence-electron chi connectivity index (χ0n) is 14.2. The molecule has 1 aliphatic heterocycles. The molecular formula is C19H23ClN4O. The number of aryl methyl sites for hydroxylation is 1. The van der Waals surface area contributed by atoms with Crippen molar-refractivity contribution in [3.8, 4) is 0 Å². The molecule has 0 unspecified atom stereocenters. The minimum atomic E-state index is -0.321. The van der Waals surface area contributed by atoms with Crippen molar-refractivity contribution in [2.24, 2.45) is 0 Å². The Morgan fingerprint density at radius 3 is 2.84 bits per heavy atom. The fourth-order valence-corrected chi connectivity index (χ4v) is 4.30. The maximum Gasteiger partial charge on any atom is 0.285 e. The third-order valence-corrected chi connectivity index (χ3v) is 5.78. The molecule has 0 saturated carbocycles. The monoisotopic (exact) mass is 358 g/mol. The number of H-pyrrole nitrogens is 1. The van der Waals surface area contributed by atoms with Crippen molar-refractivity contribution in [3.05, 3.63) is 57.0 Å². The van der Waals surface area contributed by atoms with Gasteiger partial charge in [0, 0.05) is 25.2 Å². The molecule has 1 atom stereocenters. The maximum atomic E-state index is 11.6. The summed E-state index contributed by atoms with van der Waals surface area (Å²) < 4.78 is 0. The van der Waals surface area contributed by atoms with E-state index in [9.17, 15) is 4.79 Å². The first-order valence-electron chi connectivity index (χ1n) is 9.04. The molecule has 4 rings (SSSR count). The van der Waals surface area contributed by atoms with Gasteiger partial charge in [-0.1, -0.05) is 35.9 Å². The first-order valence-corrected chi connectivity index (χ1v) is 9.42. The Morgan fingerprint density at radius 2 is 2.00 bits per heavy atom. The number of piperidine rings is 1. The predicted octanol–water partition coefficient (Wildman–Crippen LogP) is 3.06. The third-order valence-electron chi connectivity index (χ3n) is 5.42. The van der Waals surface area contributed by atoms with Crippen molar-refractivity contribution in [1.82, 2.24) is 15.5 Å². The number of aromatic nitrogens is 2. The van der Waals surface area contributed by atoms with Crippen molar-refractivity contribution in [2.45, 2.75) is 44.2 Å². The number of nitrogens with one attached hydrogen (secondary N) is 2. The molecule has 1 saturated heterocycles. The van der Waals surface area contributed by atoms with Crippen LogP contribution in [0.1, 0.15) is 42.9 Å². The summed E-state index contributed by atoms with van der Waals surface area (Å²) in [6, 6.07) is 9.77. The number of aromatic amines is 1. The Kier molecular flexibility index (Phi) is 4.77. The lowest BCUT2D eigenvalue weighted by Gasteiger charge is -2.37. The maximum absolute atomic E-state index is 11.6. The predicted molar refractivity (Wildman–Crippen MR) is 100 cm³/mol. The van der Waals surface area contributed by atoms with Gasteiger partial charge in [0.2, 0.25) is 0 Å². The van der Waals surface area contributed by atoms with Gasteiger partial charge >= 0.3 is 0 Å². The van der Waals surface area contributed by atoms with Crippen LogP contribution in [0.25, 0.3) is 0 Å². The highest BCUT2D eigenvalue weighted by molar-refractivity contribution is 6.32. The molecule has 2 heterocycles. The molecule has 2 aromatic rings. The second kappa shape index (κ2) is 7.18. The van der Waals surface area contributed by atoms with E-state index >= 15 is 0 Å². The summed E-state index contributed by atoms with van der Waals surface area (Å²) in [6.45, 7) is 1.77. The Labute approximate surface area is 152 Å². The lowest BCUT2D eigenvalue weighted by atomic mass is 9.87. The molecule has 2 aliphatic rings. The standard InChI is InChI=1S/C19H23ClN4O/c20-18-17(12-21-23-19(18)25)24-10-8-14(9-11-24)22-16-7-3-5-13-4-1-2-6-15(13)16/h1-2,4,6,12,14,16,22H,3,5,7-11H2,(H,23,25)/t16-/m0/s1. The minimum absolute atomic E-state index is 0.239. The van der Waals surface area contributed by atoms with E-state index in [1.54, 1.807) is 6.20 Å². The SMILES string of the molecule is O=c1[nH]ncc(N2CCC(N[C@H]3CCCc4ccccc43)CC2)c1Cl. The van der Waals surface area contributed by atoms with E-state index in [4.69, 9.17) is 11.6 Å². The van der Waals surface area contributed by atoms with E-state index in [1.165, 1.54) is 30.4 Å². The molecule has 0 spiro atoms. The largest absolute Gasteiger partial charge is 0.369 e. The second-order valence-corrected chi connectivity index (χ2v) is 7.35. The fourth-order valence-electron chi connectivity index (χ4n) is 4.09. The number of hydrogen-bond donors (Lipinski definition) is 2. The summed E-state index contributed by atoms with van der Waals surface area (Å²) in [5.74, 6) is 0. The summed E-state index contributed by atoms with van der Waals surface area (Å²) in [5.41, 5.74) is 3.38. The molecular weight excluding hydrogens is 336 g/mol. The van der Waals surface area contributed by atoms with Crippen LogP contribution in [0.5, 0.6) is 0 Å². The van der Waals surface area contributed by atoms with Crippen LogP contribution < -0.4 is 15.8 Å². The molecule has 132 valence electrons. The number of hydrogen-bond acceptors (Lipinski definition) is 4. The van der Waals surface area contributed by atoms with Gasteiger partial charge in [-0.2, -0.15) is 5.10 Å². The van der Waals surface area contributed by atoms with Gasteiger partial charge in [-0.3, -0.25) is 4.79 Å². The van der Waals surface area contributed by atoms with E-state index in [2.05, 4.69) is 44.7 Å². The molecule has 0 radical (unpaired) electrons. The summed E-state index contributed by atoms with van der Waals surface area (Å²) in [5, 5.41) is 10.4. The summed E-state index contributed by atoms with van der Waals surface area (Å²) in [4.78, 5) is 13.8. The highest BCUT2D eigenvalue weighted by atomic mass is 35.5.